The van der Waals surface area contributed by atoms with Crippen molar-refractivity contribution in [1.29, 1.82) is 0 Å². The van der Waals surface area contributed by atoms with Crippen LogP contribution in [0.25, 0.3) is 11.2 Å². The molecule has 2 aromatic heterocycles. The number of hydrogen-bond donors (Lipinski definition) is 1. The SMILES string of the molecule is CC(C)(C)OC(=O)N(CCCNC[C@H]1O[C@@H](n2cnc3c(I)ncnc32)[C@@H]2OC(C)(C)O[C@@H]21)Cc1ccc(OCc2ccccc2)cc1. The molecule has 1 N–H and O–H groups in total. The Balaban J connectivity index is 1.04. The van der Waals surface area contributed by atoms with Gasteiger partial charge in [-0.3, -0.25) is 4.57 Å². The van der Waals surface area contributed by atoms with Crippen LogP contribution in [-0.4, -0.2) is 79.8 Å². The molecule has 0 bridgehead atoms. The number of nitrogens with zero attached hydrogens (tertiary/aromatic N) is 5. The van der Waals surface area contributed by atoms with E-state index in [9.17, 15) is 4.79 Å². The minimum atomic E-state index is -0.741. The fraction of sp³-hybridized carbons (Fsp3) is 0.486. The third kappa shape index (κ3) is 8.43. The maximum atomic E-state index is 13.2. The summed E-state index contributed by atoms with van der Waals surface area (Å²) in [6.45, 7) is 12.1. The second-order valence-electron chi connectivity index (χ2n) is 13.5. The zero-order chi connectivity index (χ0) is 33.9. The first-order valence-corrected chi connectivity index (χ1v) is 17.3. The molecular weight excluding hydrogens is 727 g/mol. The molecule has 0 radical (unpaired) electrons. The number of aromatic nitrogens is 4. The van der Waals surface area contributed by atoms with Gasteiger partial charge in [-0.25, -0.2) is 19.7 Å². The molecule has 6 rings (SSSR count). The molecular formula is C35H43IN6O6. The average molecular weight is 771 g/mol. The van der Waals surface area contributed by atoms with E-state index in [0.717, 1.165) is 26.1 Å². The molecule has 12 nitrogen and oxygen atoms in total. The average Bonchev–Trinajstić information content (AvgIpc) is 3.71. The van der Waals surface area contributed by atoms with Gasteiger partial charge in [0, 0.05) is 19.6 Å². The summed E-state index contributed by atoms with van der Waals surface area (Å²) in [4.78, 5) is 28.2. The van der Waals surface area contributed by atoms with Crippen LogP contribution in [0.15, 0.2) is 67.3 Å². The lowest BCUT2D eigenvalue weighted by molar-refractivity contribution is -0.195. The molecule has 2 aromatic carbocycles. The van der Waals surface area contributed by atoms with E-state index < -0.39 is 17.6 Å². The number of halogens is 1. The third-order valence-corrected chi connectivity index (χ3v) is 8.83. The summed E-state index contributed by atoms with van der Waals surface area (Å²) in [7, 11) is 0. The van der Waals surface area contributed by atoms with Crippen LogP contribution >= 0.6 is 22.6 Å². The highest BCUT2D eigenvalue weighted by Gasteiger charge is 2.56. The van der Waals surface area contributed by atoms with E-state index >= 15 is 0 Å². The largest absolute Gasteiger partial charge is 0.489 e. The van der Waals surface area contributed by atoms with E-state index in [1.807, 2.05) is 93.8 Å². The summed E-state index contributed by atoms with van der Waals surface area (Å²) in [6, 6.07) is 17.9. The van der Waals surface area contributed by atoms with Gasteiger partial charge in [-0.2, -0.15) is 0 Å². The van der Waals surface area contributed by atoms with Crippen molar-refractivity contribution in [3.05, 3.63) is 82.1 Å². The van der Waals surface area contributed by atoms with Gasteiger partial charge in [-0.1, -0.05) is 42.5 Å². The van der Waals surface area contributed by atoms with E-state index in [-0.39, 0.29) is 24.4 Å². The van der Waals surface area contributed by atoms with E-state index in [1.165, 1.54) is 6.33 Å². The van der Waals surface area contributed by atoms with Gasteiger partial charge < -0.3 is 33.9 Å². The Kier molecular flexibility index (Phi) is 10.5. The lowest BCUT2D eigenvalue weighted by Crippen LogP contribution is -2.40. The quantitative estimate of drug-likeness (QED) is 0.107. The standard InChI is InChI=1S/C35H43IN6O6/c1-34(2,3)48-33(43)41(19-23-12-14-25(15-13-23)44-20-24-10-7-6-8-11-24)17-9-16-37-18-26-28-29(47-35(4,5)46-28)32(45-26)42-22-40-27-30(36)38-21-39-31(27)42/h6-8,10-15,21-22,26,28-29,32,37H,9,16-20H2,1-5H3/t26-,28-,29-,32-/m1/s1. The Labute approximate surface area is 294 Å². The molecule has 1 amide bonds. The highest BCUT2D eigenvalue weighted by molar-refractivity contribution is 14.1. The van der Waals surface area contributed by atoms with Crippen molar-refractivity contribution in [2.45, 2.75) is 90.1 Å². The molecule has 13 heteroatoms. The van der Waals surface area contributed by atoms with Crippen LogP contribution in [0, 0.1) is 3.70 Å². The van der Waals surface area contributed by atoms with Crippen molar-refractivity contribution in [2.75, 3.05) is 19.6 Å². The molecule has 2 fully saturated rings. The second-order valence-corrected chi connectivity index (χ2v) is 14.5. The molecule has 2 saturated heterocycles. The summed E-state index contributed by atoms with van der Waals surface area (Å²) in [5.74, 6) is 0.0359. The number of rotatable bonds is 12. The third-order valence-electron chi connectivity index (χ3n) is 8.04. The molecule has 2 aliphatic rings. The monoisotopic (exact) mass is 770 g/mol. The number of benzene rings is 2. The van der Waals surface area contributed by atoms with Crippen LogP contribution in [0.4, 0.5) is 4.79 Å². The molecule has 0 unspecified atom stereocenters. The van der Waals surface area contributed by atoms with E-state index in [2.05, 4.69) is 42.9 Å². The fourth-order valence-electron chi connectivity index (χ4n) is 5.91. The number of imidazole rings is 1. The van der Waals surface area contributed by atoms with Crippen LogP contribution in [-0.2, 0) is 32.1 Å². The molecule has 48 heavy (non-hydrogen) atoms. The maximum Gasteiger partial charge on any atom is 0.410 e. The van der Waals surface area contributed by atoms with Crippen molar-refractivity contribution in [3.63, 3.8) is 0 Å². The van der Waals surface area contributed by atoms with Crippen LogP contribution in [0.2, 0.25) is 0 Å². The molecule has 2 aliphatic heterocycles. The first-order chi connectivity index (χ1) is 23.0. The molecule has 4 atom stereocenters. The number of amides is 1. The molecule has 4 aromatic rings. The van der Waals surface area contributed by atoms with Crippen LogP contribution in [0.5, 0.6) is 5.75 Å². The van der Waals surface area contributed by atoms with Gasteiger partial charge in [0.1, 0.15) is 51.8 Å². The van der Waals surface area contributed by atoms with Crippen LogP contribution in [0.3, 0.4) is 0 Å². The number of ether oxygens (including phenoxy) is 5. The predicted octanol–water partition coefficient (Wildman–Crippen LogP) is 5.84. The van der Waals surface area contributed by atoms with Crippen molar-refractivity contribution >= 4 is 39.8 Å². The number of carbonyl (C=O) groups excluding carboxylic acids is 1. The highest BCUT2D eigenvalue weighted by Crippen LogP contribution is 2.43. The summed E-state index contributed by atoms with van der Waals surface area (Å²) < 4.78 is 33.5. The Hall–Kier alpha value is -3.37. The highest BCUT2D eigenvalue weighted by atomic mass is 127. The van der Waals surface area contributed by atoms with Gasteiger partial charge in [0.05, 0.1) is 6.33 Å². The van der Waals surface area contributed by atoms with Crippen molar-refractivity contribution in [3.8, 4) is 5.75 Å². The zero-order valence-corrected chi connectivity index (χ0v) is 30.1. The van der Waals surface area contributed by atoms with Crippen LogP contribution < -0.4 is 10.1 Å². The number of carbonyl (C=O) groups is 1. The lowest BCUT2D eigenvalue weighted by atomic mass is 10.1. The number of fused-ring (bicyclic) bond motifs is 2. The van der Waals surface area contributed by atoms with Crippen molar-refractivity contribution < 1.29 is 28.5 Å². The first kappa shape index (κ1) is 34.5. The predicted molar refractivity (Wildman–Crippen MR) is 187 cm³/mol. The maximum absolute atomic E-state index is 13.2. The smallest absolute Gasteiger partial charge is 0.410 e. The van der Waals surface area contributed by atoms with Gasteiger partial charge in [0.15, 0.2) is 17.7 Å². The van der Waals surface area contributed by atoms with Gasteiger partial charge in [-0.15, -0.1) is 0 Å². The second kappa shape index (κ2) is 14.6. The van der Waals surface area contributed by atoms with E-state index in [1.54, 1.807) is 11.2 Å². The minimum absolute atomic E-state index is 0.260. The summed E-state index contributed by atoms with van der Waals surface area (Å²) in [5.41, 5.74) is 2.91. The molecule has 4 heterocycles. The topological polar surface area (TPSA) is 122 Å². The molecule has 256 valence electrons. The van der Waals surface area contributed by atoms with Gasteiger partial charge in [0.25, 0.3) is 0 Å². The van der Waals surface area contributed by atoms with Gasteiger partial charge in [-0.05, 0) is 93.4 Å². The van der Waals surface area contributed by atoms with Crippen molar-refractivity contribution in [2.24, 2.45) is 0 Å². The molecule has 0 spiro atoms. The van der Waals surface area contributed by atoms with Crippen molar-refractivity contribution in [1.82, 2.24) is 29.7 Å². The van der Waals surface area contributed by atoms with Gasteiger partial charge in [0.2, 0.25) is 0 Å². The van der Waals surface area contributed by atoms with Gasteiger partial charge >= 0.3 is 6.09 Å². The summed E-state index contributed by atoms with van der Waals surface area (Å²) in [5, 5.41) is 3.51. The number of hydrogen-bond acceptors (Lipinski definition) is 10. The Morgan fingerprint density at radius 2 is 1.77 bits per heavy atom. The summed E-state index contributed by atoms with van der Waals surface area (Å²) in [6.07, 6.45) is 2.32. The van der Waals surface area contributed by atoms with Crippen LogP contribution in [0.1, 0.15) is 58.4 Å². The fourth-order valence-corrected chi connectivity index (χ4v) is 6.41. The normalized spacial score (nSPS) is 21.7. The Bertz CT molecular complexity index is 1680. The number of nitrogens with one attached hydrogen (secondary N) is 1. The zero-order valence-electron chi connectivity index (χ0n) is 28.0. The summed E-state index contributed by atoms with van der Waals surface area (Å²) >= 11 is 2.16. The van der Waals surface area contributed by atoms with E-state index in [4.69, 9.17) is 23.7 Å². The van der Waals surface area contributed by atoms with E-state index in [0.29, 0.717) is 44.9 Å². The Morgan fingerprint density at radius 1 is 1.02 bits per heavy atom. The Morgan fingerprint density at radius 3 is 2.52 bits per heavy atom. The first-order valence-electron chi connectivity index (χ1n) is 16.2. The molecule has 0 aliphatic carbocycles. The minimum Gasteiger partial charge on any atom is -0.489 e. The molecule has 0 saturated carbocycles. The lowest BCUT2D eigenvalue weighted by Gasteiger charge is -2.28.